The van der Waals surface area contributed by atoms with E-state index in [0.717, 1.165) is 25.2 Å². The second-order valence-corrected chi connectivity index (χ2v) is 8.22. The maximum atomic E-state index is 12.0. The van der Waals surface area contributed by atoms with Crippen LogP contribution in [0.4, 0.5) is 0 Å². The molecule has 0 aromatic carbocycles. The lowest BCUT2D eigenvalue weighted by molar-refractivity contribution is -0.0768. The molecule has 0 spiro atoms. The van der Waals surface area contributed by atoms with E-state index in [2.05, 4.69) is 10.00 Å². The van der Waals surface area contributed by atoms with Crippen LogP contribution in [-0.2, 0) is 28.4 Å². The quantitative estimate of drug-likeness (QED) is 0.779. The molecule has 7 nitrogen and oxygen atoms in total. The number of hydrogen-bond donors (Lipinski definition) is 0. The molecule has 2 aliphatic heterocycles. The van der Waals surface area contributed by atoms with E-state index < -0.39 is 10.0 Å². The van der Waals surface area contributed by atoms with Crippen molar-refractivity contribution in [2.45, 2.75) is 32.0 Å². The largest absolute Gasteiger partial charge is 0.375 e. The van der Waals surface area contributed by atoms with Gasteiger partial charge in [0.05, 0.1) is 30.7 Å². The lowest BCUT2D eigenvalue weighted by Gasteiger charge is -2.45. The minimum Gasteiger partial charge on any atom is -0.375 e. The van der Waals surface area contributed by atoms with Crippen LogP contribution in [0.2, 0.25) is 0 Å². The Morgan fingerprint density at radius 3 is 2.82 bits per heavy atom. The monoisotopic (exact) mass is 328 g/mol. The number of hydrogen-bond acceptors (Lipinski definition) is 5. The van der Waals surface area contributed by atoms with Crippen LogP contribution in [0.3, 0.4) is 0 Å². The summed E-state index contributed by atoms with van der Waals surface area (Å²) in [6, 6.07) is -0.0746. The first-order valence-corrected chi connectivity index (χ1v) is 9.49. The van der Waals surface area contributed by atoms with Crippen LogP contribution < -0.4 is 0 Å². The Labute approximate surface area is 131 Å². The van der Waals surface area contributed by atoms with Crippen molar-refractivity contribution < 1.29 is 13.2 Å². The second kappa shape index (κ2) is 5.92. The van der Waals surface area contributed by atoms with Crippen molar-refractivity contribution in [3.05, 3.63) is 17.5 Å². The van der Waals surface area contributed by atoms with Crippen molar-refractivity contribution in [1.29, 1.82) is 0 Å². The Morgan fingerprint density at radius 1 is 1.41 bits per heavy atom. The zero-order valence-corrected chi connectivity index (χ0v) is 14.2. The van der Waals surface area contributed by atoms with E-state index >= 15 is 0 Å². The highest BCUT2D eigenvalue weighted by Crippen LogP contribution is 2.26. The number of aromatic nitrogens is 2. The third kappa shape index (κ3) is 3.19. The van der Waals surface area contributed by atoms with E-state index in [9.17, 15) is 8.42 Å². The number of fused-ring (bicyclic) bond motifs is 1. The molecule has 0 amide bonds. The van der Waals surface area contributed by atoms with Gasteiger partial charge in [0, 0.05) is 45.0 Å². The summed E-state index contributed by atoms with van der Waals surface area (Å²) in [5.41, 5.74) is 2.23. The number of morpholine rings is 1. The fraction of sp³-hybridized carbons (Fsp3) is 0.786. The molecule has 0 N–H and O–H groups in total. The lowest BCUT2D eigenvalue weighted by atomic mass is 10.00. The Bertz CT molecular complexity index is 643. The first kappa shape index (κ1) is 15.9. The third-order valence-electron chi connectivity index (χ3n) is 4.55. The third-order valence-corrected chi connectivity index (χ3v) is 5.86. The summed E-state index contributed by atoms with van der Waals surface area (Å²) >= 11 is 0. The molecule has 3 heterocycles. The highest BCUT2D eigenvalue weighted by atomic mass is 32.2. The van der Waals surface area contributed by atoms with Crippen molar-refractivity contribution in [3.63, 3.8) is 0 Å². The van der Waals surface area contributed by atoms with Crippen LogP contribution in [0.15, 0.2) is 6.20 Å². The van der Waals surface area contributed by atoms with Crippen LogP contribution in [-0.4, -0.2) is 72.0 Å². The molecule has 0 saturated carbocycles. The fourth-order valence-electron chi connectivity index (χ4n) is 3.51. The number of nitrogens with zero attached hydrogens (tertiary/aromatic N) is 4. The van der Waals surface area contributed by atoms with E-state index in [1.807, 2.05) is 24.9 Å². The minimum absolute atomic E-state index is 0.0229. The van der Waals surface area contributed by atoms with Gasteiger partial charge in [0.15, 0.2) is 0 Å². The summed E-state index contributed by atoms with van der Waals surface area (Å²) in [6.07, 6.45) is 4.22. The van der Waals surface area contributed by atoms with E-state index in [0.29, 0.717) is 19.7 Å². The predicted octanol–water partition coefficient (Wildman–Crippen LogP) is -0.0368. The summed E-state index contributed by atoms with van der Waals surface area (Å²) in [7, 11) is -1.27. The minimum atomic E-state index is -3.19. The molecule has 8 heteroatoms. The van der Waals surface area contributed by atoms with Gasteiger partial charge in [-0.05, 0) is 13.3 Å². The molecule has 0 bridgehead atoms. The van der Waals surface area contributed by atoms with Gasteiger partial charge in [-0.3, -0.25) is 9.58 Å². The van der Waals surface area contributed by atoms with E-state index in [1.54, 1.807) is 4.31 Å². The molecule has 2 saturated heterocycles. The average molecular weight is 328 g/mol. The van der Waals surface area contributed by atoms with Crippen LogP contribution in [0, 0.1) is 6.92 Å². The van der Waals surface area contributed by atoms with Gasteiger partial charge in [-0.1, -0.05) is 0 Å². The molecule has 1 aromatic heterocycles. The molecule has 2 aliphatic rings. The molecule has 22 heavy (non-hydrogen) atoms. The highest BCUT2D eigenvalue weighted by molar-refractivity contribution is 7.88. The van der Waals surface area contributed by atoms with Gasteiger partial charge in [-0.15, -0.1) is 0 Å². The molecule has 1 aromatic rings. The van der Waals surface area contributed by atoms with E-state index in [-0.39, 0.29) is 12.1 Å². The molecular formula is C14H24N4O3S. The van der Waals surface area contributed by atoms with Gasteiger partial charge in [0.2, 0.25) is 10.0 Å². The van der Waals surface area contributed by atoms with Crippen molar-refractivity contribution in [3.8, 4) is 0 Å². The summed E-state index contributed by atoms with van der Waals surface area (Å²) in [5, 5.41) is 4.37. The molecule has 3 rings (SSSR count). The maximum absolute atomic E-state index is 12.0. The molecular weight excluding hydrogens is 304 g/mol. The number of likely N-dealkylation sites (tertiary alicyclic amines) is 1. The molecule has 0 unspecified atom stereocenters. The SMILES string of the molecule is Cc1nn(C)cc1CN1CC[C@@H]2OCCN(S(C)(=O)=O)[C@H]2C1. The molecule has 124 valence electrons. The Morgan fingerprint density at radius 2 is 2.18 bits per heavy atom. The Balaban J connectivity index is 1.73. The topological polar surface area (TPSA) is 67.7 Å². The highest BCUT2D eigenvalue weighted by Gasteiger charge is 2.40. The molecule has 0 aliphatic carbocycles. The molecule has 2 fully saturated rings. The standard InChI is InChI=1S/C14H24N4O3S/c1-11-12(8-16(2)15-11)9-17-5-4-14-13(10-17)18(6-7-21-14)22(3,19)20/h8,13-14H,4-7,9-10H2,1-3H3/t13-,14-/m0/s1. The first-order valence-electron chi connectivity index (χ1n) is 7.64. The average Bonchev–Trinajstić information content (AvgIpc) is 2.75. The lowest BCUT2D eigenvalue weighted by Crippen LogP contribution is -2.60. The van der Waals surface area contributed by atoms with Crippen molar-refractivity contribution >= 4 is 10.0 Å². The van der Waals surface area contributed by atoms with Crippen LogP contribution in [0.25, 0.3) is 0 Å². The van der Waals surface area contributed by atoms with Gasteiger partial charge in [-0.2, -0.15) is 9.40 Å². The van der Waals surface area contributed by atoms with Gasteiger partial charge >= 0.3 is 0 Å². The normalized spacial score (nSPS) is 27.8. The second-order valence-electron chi connectivity index (χ2n) is 6.29. The van der Waals surface area contributed by atoms with E-state index in [1.165, 1.54) is 11.8 Å². The number of sulfonamides is 1. The summed E-state index contributed by atoms with van der Waals surface area (Å²) in [4.78, 5) is 2.30. The van der Waals surface area contributed by atoms with Crippen molar-refractivity contribution in [1.82, 2.24) is 19.0 Å². The number of aryl methyl sites for hydroxylation is 2. The zero-order valence-electron chi connectivity index (χ0n) is 13.4. The maximum Gasteiger partial charge on any atom is 0.211 e. The fourth-order valence-corrected chi connectivity index (χ4v) is 4.61. The Hall–Kier alpha value is -0.960. The number of rotatable bonds is 3. The van der Waals surface area contributed by atoms with Gasteiger partial charge in [-0.25, -0.2) is 8.42 Å². The summed E-state index contributed by atoms with van der Waals surface area (Å²) in [6.45, 7) is 5.41. The van der Waals surface area contributed by atoms with Crippen molar-refractivity contribution in [2.75, 3.05) is 32.5 Å². The van der Waals surface area contributed by atoms with Crippen LogP contribution in [0.1, 0.15) is 17.7 Å². The molecule has 2 atom stereocenters. The van der Waals surface area contributed by atoms with Gasteiger partial charge in [0.1, 0.15) is 0 Å². The molecule has 0 radical (unpaired) electrons. The smallest absolute Gasteiger partial charge is 0.211 e. The summed E-state index contributed by atoms with van der Waals surface area (Å²) in [5.74, 6) is 0. The zero-order chi connectivity index (χ0) is 15.9. The number of piperidine rings is 1. The van der Waals surface area contributed by atoms with Crippen molar-refractivity contribution in [2.24, 2.45) is 7.05 Å². The predicted molar refractivity (Wildman–Crippen MR) is 82.9 cm³/mol. The number of ether oxygens (including phenoxy) is 1. The first-order chi connectivity index (χ1) is 10.3. The summed E-state index contributed by atoms with van der Waals surface area (Å²) < 4.78 is 33.2. The van der Waals surface area contributed by atoms with E-state index in [4.69, 9.17) is 4.74 Å². The van der Waals surface area contributed by atoms with Gasteiger partial charge < -0.3 is 4.74 Å². The van der Waals surface area contributed by atoms with Crippen LogP contribution in [0.5, 0.6) is 0 Å². The van der Waals surface area contributed by atoms with Crippen LogP contribution >= 0.6 is 0 Å². The Kier molecular flexibility index (Phi) is 4.28. The van der Waals surface area contributed by atoms with Gasteiger partial charge in [0.25, 0.3) is 0 Å².